The lowest BCUT2D eigenvalue weighted by atomic mass is 9.77. The smallest absolute Gasteiger partial charge is 0.216 e. The van der Waals surface area contributed by atoms with Crippen molar-refractivity contribution in [2.75, 3.05) is 18.7 Å². The molecule has 0 radical (unpaired) electrons. The predicted octanol–water partition coefficient (Wildman–Crippen LogP) is 5.07. The van der Waals surface area contributed by atoms with E-state index in [1.54, 1.807) is 12.1 Å². The molecule has 0 saturated carbocycles. The Kier molecular flexibility index (Phi) is 8.60. The van der Waals surface area contributed by atoms with Crippen LogP contribution in [0.5, 0.6) is 11.6 Å². The second-order valence-corrected chi connectivity index (χ2v) is 11.4. The van der Waals surface area contributed by atoms with E-state index in [2.05, 4.69) is 29.9 Å². The third-order valence-electron chi connectivity index (χ3n) is 5.34. The van der Waals surface area contributed by atoms with E-state index in [4.69, 9.17) is 32.7 Å². The van der Waals surface area contributed by atoms with E-state index in [0.717, 1.165) is 22.9 Å². The maximum Gasteiger partial charge on any atom is 0.216 e. The number of benzene rings is 2. The van der Waals surface area contributed by atoms with Crippen LogP contribution in [-0.2, 0) is 27.6 Å². The van der Waals surface area contributed by atoms with E-state index in [1.807, 2.05) is 30.3 Å². The number of halogens is 2. The Morgan fingerprint density at radius 1 is 1.09 bits per heavy atom. The summed E-state index contributed by atoms with van der Waals surface area (Å²) in [6.45, 7) is 4.62. The number of alkyl halides is 1. The quantitative estimate of drug-likeness (QED) is 0.335. The summed E-state index contributed by atoms with van der Waals surface area (Å²) in [5, 5.41) is 9.95. The van der Waals surface area contributed by atoms with Crippen LogP contribution >= 0.6 is 23.2 Å². The van der Waals surface area contributed by atoms with Gasteiger partial charge in [0.2, 0.25) is 5.88 Å². The van der Waals surface area contributed by atoms with Crippen LogP contribution in [0.15, 0.2) is 48.7 Å². The van der Waals surface area contributed by atoms with Gasteiger partial charge in [0.05, 0.1) is 16.5 Å². The van der Waals surface area contributed by atoms with E-state index < -0.39 is 15.3 Å². The van der Waals surface area contributed by atoms with Crippen molar-refractivity contribution in [3.05, 3.63) is 81.8 Å². The number of aromatic nitrogens is 2. The highest BCUT2D eigenvalue weighted by Crippen LogP contribution is 2.38. The van der Waals surface area contributed by atoms with E-state index in [1.165, 1.54) is 6.20 Å². The molecular weight excluding hydrogens is 509 g/mol. The third-order valence-corrected chi connectivity index (χ3v) is 6.56. The van der Waals surface area contributed by atoms with E-state index >= 15 is 0 Å². The van der Waals surface area contributed by atoms with Gasteiger partial charge < -0.3 is 9.47 Å². The summed E-state index contributed by atoms with van der Waals surface area (Å²) in [6.07, 6.45) is 2.60. The Morgan fingerprint density at radius 3 is 2.43 bits per heavy atom. The van der Waals surface area contributed by atoms with Crippen molar-refractivity contribution >= 4 is 33.0 Å². The molecule has 184 valence electrons. The molecule has 0 aliphatic heterocycles. The maximum atomic E-state index is 11.5. The van der Waals surface area contributed by atoms with E-state index in [9.17, 15) is 13.7 Å². The molecule has 35 heavy (non-hydrogen) atoms. The number of sulfone groups is 1. The van der Waals surface area contributed by atoms with Crippen molar-refractivity contribution in [1.82, 2.24) is 9.97 Å². The van der Waals surface area contributed by atoms with Gasteiger partial charge in [0.25, 0.3) is 0 Å². The Hall–Kier alpha value is -2.86. The second-order valence-electron chi connectivity index (χ2n) is 8.48. The van der Waals surface area contributed by atoms with Gasteiger partial charge in [-0.05, 0) is 28.8 Å². The maximum absolute atomic E-state index is 11.5. The van der Waals surface area contributed by atoms with E-state index in [0.29, 0.717) is 28.1 Å². The molecule has 10 heteroatoms. The standard InChI is InChI=1S/C25H25Cl2N3O4S/c1-25(2,20-12-18(14-28)24(21(27)13-20)33-11-9-26)19-6-4-17(5-7-19)15-34-23-8-10-29-22(30-23)16-35(3,31)32/h4-8,10,12-13H,9,11,15-16H2,1-3H3. The minimum atomic E-state index is -3.24. The molecule has 1 aromatic heterocycles. The van der Waals surface area contributed by atoms with Crippen LogP contribution in [0.4, 0.5) is 0 Å². The zero-order valence-corrected chi connectivity index (χ0v) is 21.9. The van der Waals surface area contributed by atoms with Crippen LogP contribution in [0, 0.1) is 11.3 Å². The molecule has 0 N–H and O–H groups in total. The molecular formula is C25H25Cl2N3O4S. The molecule has 0 aliphatic carbocycles. The zero-order valence-electron chi connectivity index (χ0n) is 19.6. The van der Waals surface area contributed by atoms with Crippen molar-refractivity contribution < 1.29 is 17.9 Å². The third kappa shape index (κ3) is 7.07. The average molecular weight is 534 g/mol. The van der Waals surface area contributed by atoms with Crippen molar-refractivity contribution in [1.29, 1.82) is 5.26 Å². The largest absolute Gasteiger partial charge is 0.489 e. The lowest BCUT2D eigenvalue weighted by Gasteiger charge is -2.27. The van der Waals surface area contributed by atoms with Crippen LogP contribution < -0.4 is 9.47 Å². The molecule has 2 aromatic carbocycles. The van der Waals surface area contributed by atoms with Gasteiger partial charge >= 0.3 is 0 Å². The summed E-state index contributed by atoms with van der Waals surface area (Å²) in [5.41, 5.74) is 2.73. The molecule has 7 nitrogen and oxygen atoms in total. The normalized spacial score (nSPS) is 11.7. The second kappa shape index (κ2) is 11.3. The SMILES string of the molecule is CC(C)(c1ccc(COc2ccnc(CS(C)(=O)=O)n2)cc1)c1cc(Cl)c(OCCCl)c(C#N)c1. The van der Waals surface area contributed by atoms with E-state index in [-0.39, 0.29) is 24.8 Å². The lowest BCUT2D eigenvalue weighted by molar-refractivity contribution is 0.292. The first-order valence-corrected chi connectivity index (χ1v) is 13.7. The molecule has 1 heterocycles. The Balaban J connectivity index is 1.75. The van der Waals surface area contributed by atoms with Gasteiger partial charge in [0.15, 0.2) is 15.6 Å². The molecule has 0 saturated heterocycles. The first-order chi connectivity index (χ1) is 16.5. The van der Waals surface area contributed by atoms with Gasteiger partial charge in [-0.1, -0.05) is 49.7 Å². The number of hydrogen-bond donors (Lipinski definition) is 0. The van der Waals surface area contributed by atoms with Crippen LogP contribution in [0.1, 0.15) is 41.9 Å². The Bertz CT molecular complexity index is 1340. The highest BCUT2D eigenvalue weighted by atomic mass is 35.5. The number of nitrogens with zero attached hydrogens (tertiary/aromatic N) is 3. The molecule has 0 fully saturated rings. The molecule has 0 amide bonds. The van der Waals surface area contributed by atoms with Gasteiger partial charge in [-0.3, -0.25) is 0 Å². The minimum Gasteiger partial charge on any atom is -0.489 e. The Morgan fingerprint density at radius 2 is 1.80 bits per heavy atom. The molecule has 3 aromatic rings. The van der Waals surface area contributed by atoms with Gasteiger partial charge in [0, 0.05) is 23.9 Å². The summed E-state index contributed by atoms with van der Waals surface area (Å²) in [6, 6.07) is 15.2. The van der Waals surface area contributed by atoms with Gasteiger partial charge in [-0.25, -0.2) is 13.4 Å². The fraction of sp³-hybridized carbons (Fsp3) is 0.320. The van der Waals surface area contributed by atoms with Crippen molar-refractivity contribution in [3.8, 4) is 17.7 Å². The number of ether oxygens (including phenoxy) is 2. The van der Waals surface area contributed by atoms with Crippen molar-refractivity contribution in [2.45, 2.75) is 31.6 Å². The fourth-order valence-corrected chi connectivity index (χ4v) is 4.39. The molecule has 3 rings (SSSR count). The number of rotatable bonds is 10. The highest BCUT2D eigenvalue weighted by molar-refractivity contribution is 7.89. The van der Waals surface area contributed by atoms with Gasteiger partial charge in [0.1, 0.15) is 30.9 Å². The van der Waals surface area contributed by atoms with Crippen LogP contribution in [0.2, 0.25) is 5.02 Å². The summed E-state index contributed by atoms with van der Waals surface area (Å²) in [5.74, 6) is 0.885. The summed E-state index contributed by atoms with van der Waals surface area (Å²) in [7, 11) is -3.24. The van der Waals surface area contributed by atoms with Crippen LogP contribution in [0.3, 0.4) is 0 Å². The monoisotopic (exact) mass is 533 g/mol. The summed E-state index contributed by atoms with van der Waals surface area (Å²) < 4.78 is 34.2. The lowest BCUT2D eigenvalue weighted by Crippen LogP contribution is -2.19. The van der Waals surface area contributed by atoms with Crippen LogP contribution in [-0.4, -0.2) is 37.1 Å². The summed E-state index contributed by atoms with van der Waals surface area (Å²) >= 11 is 12.1. The topological polar surface area (TPSA) is 102 Å². The first-order valence-electron chi connectivity index (χ1n) is 10.7. The average Bonchev–Trinajstić information content (AvgIpc) is 2.81. The molecule has 0 atom stereocenters. The van der Waals surface area contributed by atoms with Crippen molar-refractivity contribution in [2.24, 2.45) is 0 Å². The predicted molar refractivity (Wildman–Crippen MR) is 136 cm³/mol. The highest BCUT2D eigenvalue weighted by Gasteiger charge is 2.26. The zero-order chi connectivity index (χ0) is 25.6. The number of hydrogen-bond acceptors (Lipinski definition) is 7. The van der Waals surface area contributed by atoms with Gasteiger partial charge in [-0.15, -0.1) is 11.6 Å². The van der Waals surface area contributed by atoms with Gasteiger partial charge in [-0.2, -0.15) is 10.2 Å². The summed E-state index contributed by atoms with van der Waals surface area (Å²) in [4.78, 5) is 8.12. The molecule has 0 unspecified atom stereocenters. The minimum absolute atomic E-state index is 0.191. The molecule has 0 bridgehead atoms. The number of nitriles is 1. The molecule has 0 spiro atoms. The van der Waals surface area contributed by atoms with Crippen LogP contribution in [0.25, 0.3) is 0 Å². The molecule has 0 aliphatic rings. The van der Waals surface area contributed by atoms with Crippen molar-refractivity contribution in [3.63, 3.8) is 0 Å². The fourth-order valence-electron chi connectivity index (χ4n) is 3.43. The first kappa shape index (κ1) is 26.7. The Labute approximate surface area is 215 Å².